The Bertz CT molecular complexity index is 1270. The van der Waals surface area contributed by atoms with Gasteiger partial charge < -0.3 is 10.1 Å². The first-order valence-corrected chi connectivity index (χ1v) is 8.58. The van der Waals surface area contributed by atoms with Gasteiger partial charge in [0.15, 0.2) is 23.8 Å². The lowest BCUT2D eigenvalue weighted by Gasteiger charge is -2.09. The Morgan fingerprint density at radius 2 is 2.14 bits per heavy atom. The van der Waals surface area contributed by atoms with Crippen LogP contribution in [0, 0.1) is 12.7 Å². The van der Waals surface area contributed by atoms with E-state index in [1.807, 2.05) is 0 Å². The van der Waals surface area contributed by atoms with Crippen LogP contribution in [-0.4, -0.2) is 42.0 Å². The highest BCUT2D eigenvalue weighted by Crippen LogP contribution is 2.17. The van der Waals surface area contributed by atoms with Crippen LogP contribution < -0.4 is 15.6 Å². The van der Waals surface area contributed by atoms with Crippen molar-refractivity contribution in [2.75, 3.05) is 11.9 Å². The van der Waals surface area contributed by atoms with Crippen LogP contribution in [0.25, 0.3) is 17.0 Å². The molecule has 29 heavy (non-hydrogen) atoms. The standard InChI is InChI=1S/C18H16FN7O3/c1-10-7-14(21-15(27)9-29-13-6-4-3-5-12(13)19)26(24-10)18-22-16-11(17(28)23-18)8-20-25(16)2/h3-8H,9H2,1-2H3,(H,21,27)(H,22,23,28). The highest BCUT2D eigenvalue weighted by molar-refractivity contribution is 5.91. The predicted octanol–water partition coefficient (Wildman–Crippen LogP) is 1.31. The second-order valence-electron chi connectivity index (χ2n) is 6.25. The molecule has 0 atom stereocenters. The number of para-hydroxylation sites is 1. The number of carbonyl (C=O) groups excluding carboxylic acids is 1. The molecule has 3 aromatic heterocycles. The molecule has 148 valence electrons. The molecule has 0 unspecified atom stereocenters. The van der Waals surface area contributed by atoms with E-state index in [2.05, 4.69) is 25.5 Å². The number of rotatable bonds is 5. The lowest BCUT2D eigenvalue weighted by Crippen LogP contribution is -2.23. The zero-order valence-electron chi connectivity index (χ0n) is 15.5. The Morgan fingerprint density at radius 1 is 1.34 bits per heavy atom. The monoisotopic (exact) mass is 397 g/mol. The summed E-state index contributed by atoms with van der Waals surface area (Å²) in [6.07, 6.45) is 1.42. The van der Waals surface area contributed by atoms with Gasteiger partial charge in [-0.1, -0.05) is 12.1 Å². The quantitative estimate of drug-likeness (QED) is 0.524. The van der Waals surface area contributed by atoms with Gasteiger partial charge >= 0.3 is 0 Å². The number of nitrogens with zero attached hydrogens (tertiary/aromatic N) is 5. The number of nitrogens with one attached hydrogen (secondary N) is 2. The van der Waals surface area contributed by atoms with E-state index in [9.17, 15) is 14.0 Å². The van der Waals surface area contributed by atoms with Gasteiger partial charge in [0.05, 0.1) is 11.9 Å². The summed E-state index contributed by atoms with van der Waals surface area (Å²) >= 11 is 0. The molecular weight excluding hydrogens is 381 g/mol. The van der Waals surface area contributed by atoms with Gasteiger partial charge in [-0.05, 0) is 19.1 Å². The van der Waals surface area contributed by atoms with Gasteiger partial charge in [0.25, 0.3) is 11.5 Å². The molecule has 1 aromatic carbocycles. The molecule has 0 fully saturated rings. The van der Waals surface area contributed by atoms with Crippen LogP contribution in [0.3, 0.4) is 0 Å². The number of fused-ring (bicyclic) bond motifs is 1. The van der Waals surface area contributed by atoms with Crippen molar-refractivity contribution in [3.63, 3.8) is 0 Å². The van der Waals surface area contributed by atoms with Gasteiger partial charge in [-0.3, -0.25) is 19.3 Å². The van der Waals surface area contributed by atoms with Crippen LogP contribution in [0.1, 0.15) is 5.69 Å². The third-order valence-electron chi connectivity index (χ3n) is 4.08. The van der Waals surface area contributed by atoms with Crippen LogP contribution in [0.4, 0.5) is 10.2 Å². The second kappa shape index (κ2) is 7.19. The van der Waals surface area contributed by atoms with E-state index in [1.54, 1.807) is 26.1 Å². The highest BCUT2D eigenvalue weighted by atomic mass is 19.1. The minimum absolute atomic E-state index is 0.0278. The number of aromatic amines is 1. The third-order valence-corrected chi connectivity index (χ3v) is 4.08. The summed E-state index contributed by atoms with van der Waals surface area (Å²) < 4.78 is 21.6. The van der Waals surface area contributed by atoms with Crippen LogP contribution in [0.2, 0.25) is 0 Å². The fourth-order valence-corrected chi connectivity index (χ4v) is 2.76. The van der Waals surface area contributed by atoms with Gasteiger partial charge in [-0.25, -0.2) is 4.39 Å². The minimum atomic E-state index is -0.563. The van der Waals surface area contributed by atoms with Crippen molar-refractivity contribution in [1.82, 2.24) is 29.5 Å². The molecule has 11 heteroatoms. The number of hydrogen-bond acceptors (Lipinski definition) is 6. The molecule has 1 amide bonds. The number of aromatic nitrogens is 6. The van der Waals surface area contributed by atoms with E-state index in [1.165, 1.54) is 33.8 Å². The Labute approximate surface area is 162 Å². The fraction of sp³-hybridized carbons (Fsp3) is 0.167. The first-order valence-electron chi connectivity index (χ1n) is 8.58. The third kappa shape index (κ3) is 3.57. The maximum Gasteiger partial charge on any atom is 0.263 e. The molecule has 0 saturated heterocycles. The molecule has 2 N–H and O–H groups in total. The molecule has 0 saturated carbocycles. The van der Waals surface area contributed by atoms with Crippen LogP contribution in [-0.2, 0) is 11.8 Å². The second-order valence-corrected chi connectivity index (χ2v) is 6.25. The Hall–Kier alpha value is -4.02. The molecule has 4 aromatic rings. The van der Waals surface area contributed by atoms with E-state index in [0.29, 0.717) is 16.7 Å². The van der Waals surface area contributed by atoms with Gasteiger partial charge in [-0.15, -0.1) is 0 Å². The maximum atomic E-state index is 13.6. The van der Waals surface area contributed by atoms with Crippen molar-refractivity contribution >= 4 is 22.8 Å². The molecule has 4 rings (SSSR count). The highest BCUT2D eigenvalue weighted by Gasteiger charge is 2.16. The zero-order chi connectivity index (χ0) is 20.5. The van der Waals surface area contributed by atoms with Crippen molar-refractivity contribution in [2.24, 2.45) is 7.05 Å². The van der Waals surface area contributed by atoms with Crippen molar-refractivity contribution in [3.05, 3.63) is 58.4 Å². The van der Waals surface area contributed by atoms with Crippen molar-refractivity contribution in [1.29, 1.82) is 0 Å². The van der Waals surface area contributed by atoms with E-state index in [0.717, 1.165) is 0 Å². The first-order chi connectivity index (χ1) is 13.9. The summed E-state index contributed by atoms with van der Waals surface area (Å²) in [5.41, 5.74) is 0.576. The molecule has 0 aliphatic rings. The summed E-state index contributed by atoms with van der Waals surface area (Å²) in [4.78, 5) is 31.5. The Balaban J connectivity index is 1.59. The number of H-pyrrole nitrogens is 1. The lowest BCUT2D eigenvalue weighted by molar-refractivity contribution is -0.118. The smallest absolute Gasteiger partial charge is 0.263 e. The van der Waals surface area contributed by atoms with Crippen LogP contribution >= 0.6 is 0 Å². The van der Waals surface area contributed by atoms with Gasteiger partial charge in [0.1, 0.15) is 11.2 Å². The zero-order valence-corrected chi connectivity index (χ0v) is 15.5. The van der Waals surface area contributed by atoms with E-state index < -0.39 is 18.3 Å². The fourth-order valence-electron chi connectivity index (χ4n) is 2.76. The van der Waals surface area contributed by atoms with Gasteiger partial charge in [0, 0.05) is 13.1 Å². The van der Waals surface area contributed by atoms with Crippen LogP contribution in [0.5, 0.6) is 5.75 Å². The molecular formula is C18H16FN7O3. The van der Waals surface area contributed by atoms with Crippen LogP contribution in [0.15, 0.2) is 41.3 Å². The molecule has 0 bridgehead atoms. The van der Waals surface area contributed by atoms with Gasteiger partial charge in [0.2, 0.25) is 5.95 Å². The molecule has 10 nitrogen and oxygen atoms in total. The summed E-state index contributed by atoms with van der Waals surface area (Å²) in [5.74, 6) is -0.732. The number of carbonyl (C=O) groups is 1. The number of anilines is 1. The van der Waals surface area contributed by atoms with Crippen molar-refractivity contribution < 1.29 is 13.9 Å². The Kier molecular flexibility index (Phi) is 4.55. The molecule has 0 spiro atoms. The van der Waals surface area contributed by atoms with E-state index in [4.69, 9.17) is 4.74 Å². The van der Waals surface area contributed by atoms with E-state index in [-0.39, 0.29) is 23.1 Å². The largest absolute Gasteiger partial charge is 0.481 e. The predicted molar refractivity (Wildman–Crippen MR) is 102 cm³/mol. The summed E-state index contributed by atoms with van der Waals surface area (Å²) in [7, 11) is 1.66. The lowest BCUT2D eigenvalue weighted by atomic mass is 10.3. The van der Waals surface area contributed by atoms with Gasteiger partial charge in [-0.2, -0.15) is 19.9 Å². The number of amides is 1. The average molecular weight is 397 g/mol. The molecule has 0 aliphatic heterocycles. The Morgan fingerprint density at radius 3 is 2.93 bits per heavy atom. The number of ether oxygens (including phenoxy) is 1. The summed E-state index contributed by atoms with van der Waals surface area (Å²) in [6.45, 7) is 1.32. The average Bonchev–Trinajstić information content (AvgIpc) is 3.24. The summed E-state index contributed by atoms with van der Waals surface area (Å²) in [5, 5.41) is 11.2. The first kappa shape index (κ1) is 18.3. The maximum absolute atomic E-state index is 13.6. The number of benzene rings is 1. The number of halogens is 1. The normalized spacial score (nSPS) is 11.0. The summed E-state index contributed by atoms with van der Waals surface area (Å²) in [6, 6.07) is 7.40. The SMILES string of the molecule is Cc1cc(NC(=O)COc2ccccc2F)n(-c2nc3c(cnn3C)c(=O)[nH]2)n1. The number of aryl methyl sites for hydroxylation is 2. The molecule has 3 heterocycles. The van der Waals surface area contributed by atoms with Crippen molar-refractivity contribution in [3.8, 4) is 11.7 Å². The minimum Gasteiger partial charge on any atom is -0.481 e. The molecule has 0 radical (unpaired) electrons. The van der Waals surface area contributed by atoms with Crippen molar-refractivity contribution in [2.45, 2.75) is 6.92 Å². The number of hydrogen-bond donors (Lipinski definition) is 2. The topological polar surface area (TPSA) is 120 Å². The van der Waals surface area contributed by atoms with E-state index >= 15 is 0 Å². The molecule has 0 aliphatic carbocycles.